The maximum atomic E-state index is 11.1. The molecule has 0 aromatic rings. The van der Waals surface area contributed by atoms with Crippen molar-refractivity contribution in [2.45, 2.75) is 20.8 Å². The quantitative estimate of drug-likeness (QED) is 0.691. The third-order valence-corrected chi connectivity index (χ3v) is 1.61. The third kappa shape index (κ3) is 2.90. The molecule has 0 radical (unpaired) electrons. The van der Waals surface area contributed by atoms with Gasteiger partial charge in [0.05, 0.1) is 0 Å². The van der Waals surface area contributed by atoms with Crippen LogP contribution in [0.3, 0.4) is 0 Å². The molecule has 1 rings (SSSR count). The Morgan fingerprint density at radius 3 is 2.54 bits per heavy atom. The highest BCUT2D eigenvalue weighted by molar-refractivity contribution is 6.00. The first-order chi connectivity index (χ1) is 6.29. The molecule has 1 heterocycles. The molecule has 2 heteroatoms. The van der Waals surface area contributed by atoms with Crippen LogP contribution in [0.25, 0.3) is 0 Å². The molecule has 0 saturated heterocycles. The van der Waals surface area contributed by atoms with Gasteiger partial charge in [0.2, 0.25) is 0 Å². The number of rotatable bonds is 2. The molecule has 1 aliphatic heterocycles. The second-order valence-electron chi connectivity index (χ2n) is 2.33. The van der Waals surface area contributed by atoms with Crippen LogP contribution in [0.5, 0.6) is 0 Å². The monoisotopic (exact) mass is 179 g/mol. The summed E-state index contributed by atoms with van der Waals surface area (Å²) < 4.78 is 0. The van der Waals surface area contributed by atoms with Crippen LogP contribution in [0.15, 0.2) is 36.0 Å². The van der Waals surface area contributed by atoms with Gasteiger partial charge in [-0.25, -0.2) is 0 Å². The van der Waals surface area contributed by atoms with Gasteiger partial charge in [-0.3, -0.25) is 4.79 Å². The Hall–Kier alpha value is -1.31. The highest BCUT2D eigenvalue weighted by atomic mass is 16.1. The van der Waals surface area contributed by atoms with Crippen LogP contribution in [0.4, 0.5) is 0 Å². The molecule has 1 aliphatic rings. The Kier molecular flexibility index (Phi) is 5.60. The molecule has 0 aromatic heterocycles. The second-order valence-corrected chi connectivity index (χ2v) is 2.33. The Bertz CT molecular complexity index is 249. The summed E-state index contributed by atoms with van der Waals surface area (Å²) in [5.41, 5.74) is 1.72. The van der Waals surface area contributed by atoms with Gasteiger partial charge < -0.3 is 5.32 Å². The van der Waals surface area contributed by atoms with E-state index in [0.29, 0.717) is 6.54 Å². The van der Waals surface area contributed by atoms with Gasteiger partial charge in [-0.1, -0.05) is 38.7 Å². The number of hydrogen-bond donors (Lipinski definition) is 1. The Labute approximate surface area is 80.0 Å². The predicted octanol–water partition coefficient (Wildman–Crippen LogP) is 2.20. The lowest BCUT2D eigenvalue weighted by Crippen LogP contribution is -2.16. The van der Waals surface area contributed by atoms with Crippen molar-refractivity contribution >= 4 is 5.91 Å². The summed E-state index contributed by atoms with van der Waals surface area (Å²) in [6.07, 6.45) is 5.37. The van der Waals surface area contributed by atoms with Crippen LogP contribution < -0.4 is 5.32 Å². The first-order valence-corrected chi connectivity index (χ1v) is 4.56. The lowest BCUT2D eigenvalue weighted by molar-refractivity contribution is -0.116. The number of carbonyl (C=O) groups excluding carboxylic acids is 1. The van der Waals surface area contributed by atoms with Gasteiger partial charge in [0.1, 0.15) is 0 Å². The van der Waals surface area contributed by atoms with E-state index >= 15 is 0 Å². The predicted molar refractivity (Wildman–Crippen MR) is 56.4 cm³/mol. The highest BCUT2D eigenvalue weighted by Crippen LogP contribution is 2.12. The first-order valence-electron chi connectivity index (χ1n) is 4.56. The van der Waals surface area contributed by atoms with Gasteiger partial charge in [-0.15, -0.1) is 0 Å². The van der Waals surface area contributed by atoms with Gasteiger partial charge in [0.25, 0.3) is 5.91 Å². The topological polar surface area (TPSA) is 29.1 Å². The van der Waals surface area contributed by atoms with E-state index in [2.05, 4.69) is 11.9 Å². The van der Waals surface area contributed by atoms with Crippen LogP contribution in [-0.4, -0.2) is 12.5 Å². The molecular weight excluding hydrogens is 162 g/mol. The lowest BCUT2D eigenvalue weighted by Gasteiger charge is -1.89. The lowest BCUT2D eigenvalue weighted by atomic mass is 10.1. The van der Waals surface area contributed by atoms with Crippen molar-refractivity contribution in [3.8, 4) is 0 Å². The van der Waals surface area contributed by atoms with Crippen molar-refractivity contribution in [1.29, 1.82) is 0 Å². The minimum absolute atomic E-state index is 0.00185. The minimum atomic E-state index is -0.00185. The fourth-order valence-electron chi connectivity index (χ4n) is 1.04. The van der Waals surface area contributed by atoms with Gasteiger partial charge in [-0.2, -0.15) is 0 Å². The molecule has 2 nitrogen and oxygen atoms in total. The fourth-order valence-corrected chi connectivity index (χ4v) is 1.04. The number of allylic oxidation sites excluding steroid dienone is 1. The van der Waals surface area contributed by atoms with Crippen molar-refractivity contribution < 1.29 is 4.79 Å². The molecule has 0 spiro atoms. The largest absolute Gasteiger partial charge is 0.348 e. The minimum Gasteiger partial charge on any atom is -0.348 e. The van der Waals surface area contributed by atoms with E-state index in [4.69, 9.17) is 0 Å². The molecule has 1 amide bonds. The van der Waals surface area contributed by atoms with Crippen molar-refractivity contribution in [3.63, 3.8) is 0 Å². The standard InChI is InChI=1S/C9H11NO.C2H6/c1-3-5-8-7(4-2)6-10-9(8)11;1-2/h3-5H,2,6H2,1H3,(H,10,11);1-2H3/b5-3-;. The third-order valence-electron chi connectivity index (χ3n) is 1.61. The molecule has 72 valence electrons. The van der Waals surface area contributed by atoms with Crippen LogP contribution in [-0.2, 0) is 4.79 Å². The van der Waals surface area contributed by atoms with Crippen molar-refractivity contribution in [1.82, 2.24) is 5.32 Å². The fraction of sp³-hybridized carbons (Fsp3) is 0.364. The maximum absolute atomic E-state index is 11.1. The summed E-state index contributed by atoms with van der Waals surface area (Å²) >= 11 is 0. The first kappa shape index (κ1) is 11.7. The van der Waals surface area contributed by atoms with Crippen molar-refractivity contribution in [3.05, 3.63) is 36.0 Å². The van der Waals surface area contributed by atoms with Crippen molar-refractivity contribution in [2.24, 2.45) is 0 Å². The second kappa shape index (κ2) is 6.23. The zero-order valence-corrected chi connectivity index (χ0v) is 8.55. The molecule has 0 aliphatic carbocycles. The van der Waals surface area contributed by atoms with Crippen LogP contribution in [0, 0.1) is 0 Å². The zero-order chi connectivity index (χ0) is 10.3. The normalized spacial score (nSPS) is 15.5. The smallest absolute Gasteiger partial charge is 0.251 e. The maximum Gasteiger partial charge on any atom is 0.251 e. The van der Waals surface area contributed by atoms with E-state index in [9.17, 15) is 4.79 Å². The zero-order valence-electron chi connectivity index (χ0n) is 8.55. The molecule has 1 N–H and O–H groups in total. The van der Waals surface area contributed by atoms with E-state index in [1.54, 1.807) is 12.2 Å². The van der Waals surface area contributed by atoms with Gasteiger partial charge in [-0.05, 0) is 12.5 Å². The van der Waals surface area contributed by atoms with Crippen LogP contribution in [0.1, 0.15) is 20.8 Å². The van der Waals surface area contributed by atoms with Gasteiger partial charge in [0, 0.05) is 12.1 Å². The van der Waals surface area contributed by atoms with Crippen molar-refractivity contribution in [2.75, 3.05) is 6.54 Å². The molecule has 0 unspecified atom stereocenters. The van der Waals surface area contributed by atoms with E-state index in [1.165, 1.54) is 0 Å². The summed E-state index contributed by atoms with van der Waals surface area (Å²) in [5, 5.41) is 2.72. The number of carbonyl (C=O) groups is 1. The van der Waals surface area contributed by atoms with E-state index in [1.807, 2.05) is 26.8 Å². The van der Waals surface area contributed by atoms with Gasteiger partial charge >= 0.3 is 0 Å². The SMILES string of the molecule is C=CC1=C(/C=C\C)C(=O)NC1.CC. The summed E-state index contributed by atoms with van der Waals surface area (Å²) in [7, 11) is 0. The van der Waals surface area contributed by atoms with E-state index in [0.717, 1.165) is 11.1 Å². The van der Waals surface area contributed by atoms with E-state index in [-0.39, 0.29) is 5.91 Å². The molecule has 13 heavy (non-hydrogen) atoms. The summed E-state index contributed by atoms with van der Waals surface area (Å²) in [4.78, 5) is 11.1. The van der Waals surface area contributed by atoms with Gasteiger partial charge in [0.15, 0.2) is 0 Å². The molecule has 0 atom stereocenters. The molecule has 0 saturated carbocycles. The molecule has 0 aromatic carbocycles. The molecular formula is C11H17NO. The molecule has 0 bridgehead atoms. The van der Waals surface area contributed by atoms with Crippen LogP contribution in [0.2, 0.25) is 0 Å². The summed E-state index contributed by atoms with van der Waals surface area (Å²) in [6.45, 7) is 10.1. The van der Waals surface area contributed by atoms with E-state index < -0.39 is 0 Å². The number of hydrogen-bond acceptors (Lipinski definition) is 1. The summed E-state index contributed by atoms with van der Waals surface area (Å²) in [5.74, 6) is -0.00185. The summed E-state index contributed by atoms with van der Waals surface area (Å²) in [6, 6.07) is 0. The number of amides is 1. The molecule has 0 fully saturated rings. The Morgan fingerprint density at radius 2 is 2.08 bits per heavy atom. The number of nitrogens with one attached hydrogen (secondary N) is 1. The Morgan fingerprint density at radius 1 is 1.46 bits per heavy atom. The average molecular weight is 179 g/mol. The Balaban J connectivity index is 0.000000671. The highest BCUT2D eigenvalue weighted by Gasteiger charge is 2.16. The average Bonchev–Trinajstić information content (AvgIpc) is 2.52. The van der Waals surface area contributed by atoms with Crippen LogP contribution >= 0.6 is 0 Å².